The molecule has 5 nitrogen and oxygen atoms in total. The molecule has 0 saturated heterocycles. The quantitative estimate of drug-likeness (QED) is 0.792. The van der Waals surface area contributed by atoms with Crippen LogP contribution < -0.4 is 5.32 Å². The summed E-state index contributed by atoms with van der Waals surface area (Å²) in [5, 5.41) is 5.33. The van der Waals surface area contributed by atoms with E-state index in [1.807, 2.05) is 5.38 Å². The van der Waals surface area contributed by atoms with Crippen LogP contribution in [0.1, 0.15) is 17.5 Å². The Labute approximate surface area is 139 Å². The lowest BCUT2D eigenvalue weighted by atomic mass is 10.1. The van der Waals surface area contributed by atoms with Gasteiger partial charge in [-0.25, -0.2) is 4.98 Å². The van der Waals surface area contributed by atoms with E-state index < -0.39 is 0 Å². The normalized spacial score (nSPS) is 13.1. The van der Waals surface area contributed by atoms with Crippen molar-refractivity contribution >= 4 is 22.4 Å². The van der Waals surface area contributed by atoms with E-state index >= 15 is 0 Å². The second kappa shape index (κ2) is 7.68. The third kappa shape index (κ3) is 4.16. The number of carbonyl (C=O) groups is 1. The van der Waals surface area contributed by atoms with Gasteiger partial charge < -0.3 is 9.47 Å². The van der Waals surface area contributed by atoms with E-state index in [0.29, 0.717) is 18.3 Å². The zero-order valence-corrected chi connectivity index (χ0v) is 13.9. The Morgan fingerprint density at radius 1 is 1.30 bits per heavy atom. The molecule has 23 heavy (non-hydrogen) atoms. The first-order chi connectivity index (χ1) is 11.3. The summed E-state index contributed by atoms with van der Waals surface area (Å²) in [4.78, 5) is 16.3. The van der Waals surface area contributed by atoms with E-state index in [2.05, 4.69) is 28.5 Å². The fourth-order valence-electron chi connectivity index (χ4n) is 2.66. The number of hydrogen-bond acceptors (Lipinski definition) is 5. The molecule has 3 rings (SSSR count). The second-order valence-corrected chi connectivity index (χ2v) is 6.33. The molecule has 1 amide bonds. The molecule has 1 aliphatic carbocycles. The molecule has 122 valence electrons. The summed E-state index contributed by atoms with van der Waals surface area (Å²) < 4.78 is 10.0. The molecule has 0 radical (unpaired) electrons. The number of fused-ring (bicyclic) bond motifs is 1. The van der Waals surface area contributed by atoms with Gasteiger partial charge in [0.15, 0.2) is 5.13 Å². The Bertz CT molecular complexity index is 684. The van der Waals surface area contributed by atoms with Gasteiger partial charge >= 0.3 is 0 Å². The fourth-order valence-corrected chi connectivity index (χ4v) is 3.39. The van der Waals surface area contributed by atoms with Crippen LogP contribution in [0.4, 0.5) is 5.13 Å². The molecule has 0 atom stereocenters. The number of thiazole rings is 1. The molecule has 1 aliphatic rings. The number of benzene rings is 1. The van der Waals surface area contributed by atoms with Gasteiger partial charge in [0.25, 0.3) is 5.91 Å². The summed E-state index contributed by atoms with van der Waals surface area (Å²) in [5.74, 6) is -0.198. The number of hydrogen-bond donors (Lipinski definition) is 1. The molecule has 0 spiro atoms. The van der Waals surface area contributed by atoms with Gasteiger partial charge in [0, 0.05) is 18.1 Å². The number of carbonyl (C=O) groups excluding carboxylic acids is 1. The maximum Gasteiger partial charge on any atom is 0.252 e. The molecule has 0 unspecified atom stereocenters. The Balaban J connectivity index is 1.58. The number of aromatic nitrogens is 1. The van der Waals surface area contributed by atoms with E-state index in [1.54, 1.807) is 7.11 Å². The maximum atomic E-state index is 11.8. The second-order valence-electron chi connectivity index (χ2n) is 5.47. The van der Waals surface area contributed by atoms with Crippen molar-refractivity contribution in [1.29, 1.82) is 0 Å². The van der Waals surface area contributed by atoms with Crippen molar-refractivity contribution in [2.75, 3.05) is 32.2 Å². The highest BCUT2D eigenvalue weighted by atomic mass is 32.1. The predicted molar refractivity (Wildman–Crippen MR) is 90.9 cm³/mol. The van der Waals surface area contributed by atoms with Crippen molar-refractivity contribution in [1.82, 2.24) is 4.98 Å². The third-order valence-corrected chi connectivity index (χ3v) is 4.57. The molecule has 2 aromatic rings. The average Bonchev–Trinajstić information content (AvgIpc) is 3.19. The highest BCUT2D eigenvalue weighted by Crippen LogP contribution is 2.30. The first-order valence-electron chi connectivity index (χ1n) is 7.70. The first kappa shape index (κ1) is 16.1. The SMILES string of the molecule is COCCOCC(=O)Nc1nc(-c2ccc3c(c2)CCC3)cs1. The summed E-state index contributed by atoms with van der Waals surface area (Å²) >= 11 is 1.43. The number of amides is 1. The van der Waals surface area contributed by atoms with E-state index in [4.69, 9.17) is 9.47 Å². The average molecular weight is 332 g/mol. The number of nitrogens with one attached hydrogen (secondary N) is 1. The van der Waals surface area contributed by atoms with Gasteiger partial charge in [0.1, 0.15) is 6.61 Å². The molecule has 1 aromatic carbocycles. The lowest BCUT2D eigenvalue weighted by Gasteiger charge is -2.04. The largest absolute Gasteiger partial charge is 0.382 e. The lowest BCUT2D eigenvalue weighted by Crippen LogP contribution is -2.19. The molecular weight excluding hydrogens is 312 g/mol. The number of nitrogens with zero attached hydrogens (tertiary/aromatic N) is 1. The van der Waals surface area contributed by atoms with Gasteiger partial charge in [0.2, 0.25) is 0 Å². The number of ether oxygens (including phenoxy) is 2. The van der Waals surface area contributed by atoms with Crippen molar-refractivity contribution in [2.24, 2.45) is 0 Å². The Morgan fingerprint density at radius 3 is 3.04 bits per heavy atom. The van der Waals surface area contributed by atoms with Crippen molar-refractivity contribution < 1.29 is 14.3 Å². The summed E-state index contributed by atoms with van der Waals surface area (Å²) in [7, 11) is 1.60. The molecule has 0 fully saturated rings. The maximum absolute atomic E-state index is 11.8. The van der Waals surface area contributed by atoms with Gasteiger partial charge in [-0.05, 0) is 36.5 Å². The summed E-state index contributed by atoms with van der Waals surface area (Å²) in [5.41, 5.74) is 4.89. The summed E-state index contributed by atoms with van der Waals surface area (Å²) in [6, 6.07) is 6.52. The molecule has 1 aromatic heterocycles. The minimum absolute atomic E-state index is 0.0110. The topological polar surface area (TPSA) is 60.5 Å². The van der Waals surface area contributed by atoms with Crippen molar-refractivity contribution in [3.63, 3.8) is 0 Å². The molecular formula is C17H20N2O3S. The molecule has 6 heteroatoms. The standard InChI is InChI=1S/C17H20N2O3S/c1-21-7-8-22-10-16(20)19-17-18-15(11-23-17)14-6-5-12-3-2-4-13(12)9-14/h5-6,9,11H,2-4,7-8,10H2,1H3,(H,18,19,20). The van der Waals surface area contributed by atoms with Crippen LogP contribution in [0.15, 0.2) is 23.6 Å². The van der Waals surface area contributed by atoms with Crippen LogP contribution in [-0.2, 0) is 27.1 Å². The lowest BCUT2D eigenvalue weighted by molar-refractivity contribution is -0.121. The minimum Gasteiger partial charge on any atom is -0.382 e. The number of aryl methyl sites for hydroxylation is 2. The summed E-state index contributed by atoms with van der Waals surface area (Å²) in [6.45, 7) is 0.895. The molecule has 1 N–H and O–H groups in total. The van der Waals surface area contributed by atoms with Crippen molar-refractivity contribution in [3.8, 4) is 11.3 Å². The number of anilines is 1. The van der Waals surface area contributed by atoms with Crippen molar-refractivity contribution in [2.45, 2.75) is 19.3 Å². The molecule has 1 heterocycles. The fraction of sp³-hybridized carbons (Fsp3) is 0.412. The minimum atomic E-state index is -0.198. The van der Waals surface area contributed by atoms with Crippen LogP contribution in [0, 0.1) is 0 Å². The third-order valence-electron chi connectivity index (χ3n) is 3.81. The van der Waals surface area contributed by atoms with Gasteiger partial charge in [-0.1, -0.05) is 12.1 Å². The first-order valence-corrected chi connectivity index (χ1v) is 8.58. The van der Waals surface area contributed by atoms with Crippen molar-refractivity contribution in [3.05, 3.63) is 34.7 Å². The van der Waals surface area contributed by atoms with Crippen LogP contribution in [0.2, 0.25) is 0 Å². The number of rotatable bonds is 7. The van der Waals surface area contributed by atoms with Gasteiger partial charge in [-0.3, -0.25) is 10.1 Å². The zero-order valence-electron chi connectivity index (χ0n) is 13.1. The highest BCUT2D eigenvalue weighted by molar-refractivity contribution is 7.14. The van der Waals surface area contributed by atoms with E-state index in [0.717, 1.165) is 17.7 Å². The molecule has 0 saturated carbocycles. The molecule has 0 bridgehead atoms. The summed E-state index contributed by atoms with van der Waals surface area (Å²) in [6.07, 6.45) is 3.56. The highest BCUT2D eigenvalue weighted by Gasteiger charge is 2.13. The van der Waals surface area contributed by atoms with Crippen LogP contribution in [0.3, 0.4) is 0 Å². The number of methoxy groups -OCH3 is 1. The van der Waals surface area contributed by atoms with E-state index in [-0.39, 0.29) is 12.5 Å². The Hall–Kier alpha value is -1.76. The predicted octanol–water partition coefficient (Wildman–Crippen LogP) is 2.90. The zero-order chi connectivity index (χ0) is 16.1. The smallest absolute Gasteiger partial charge is 0.252 e. The van der Waals surface area contributed by atoms with Gasteiger partial charge in [0.05, 0.1) is 18.9 Å². The van der Waals surface area contributed by atoms with Gasteiger partial charge in [-0.15, -0.1) is 11.3 Å². The van der Waals surface area contributed by atoms with Gasteiger partial charge in [-0.2, -0.15) is 0 Å². The monoisotopic (exact) mass is 332 g/mol. The Kier molecular flexibility index (Phi) is 5.38. The Morgan fingerprint density at radius 2 is 2.17 bits per heavy atom. The van der Waals surface area contributed by atoms with Crippen LogP contribution in [-0.4, -0.2) is 37.8 Å². The molecule has 0 aliphatic heterocycles. The van der Waals surface area contributed by atoms with Crippen LogP contribution in [0.5, 0.6) is 0 Å². The van der Waals surface area contributed by atoms with Crippen LogP contribution >= 0.6 is 11.3 Å². The van der Waals surface area contributed by atoms with Crippen LogP contribution in [0.25, 0.3) is 11.3 Å². The van der Waals surface area contributed by atoms with E-state index in [1.165, 1.54) is 35.3 Å². The van der Waals surface area contributed by atoms with E-state index in [9.17, 15) is 4.79 Å².